The number of nitrogens with two attached hydrogens (primary N) is 1. The highest BCUT2D eigenvalue weighted by Gasteiger charge is 2.33. The topological polar surface area (TPSA) is 100.0 Å². The summed E-state index contributed by atoms with van der Waals surface area (Å²) >= 11 is 0. The molecule has 4 heterocycles. The van der Waals surface area contributed by atoms with Gasteiger partial charge in [0.25, 0.3) is 5.91 Å². The van der Waals surface area contributed by atoms with E-state index in [-0.39, 0.29) is 17.6 Å². The van der Waals surface area contributed by atoms with Crippen molar-refractivity contribution in [1.82, 2.24) is 19.5 Å². The SMILES string of the molecule is Cc1cn2nc(C3CCCCN3C(=O)c3ccc(F)c(F)c3O)cc2nc1N1CCC(N)C1. The molecule has 2 unspecified atom stereocenters. The van der Waals surface area contributed by atoms with Crippen LogP contribution in [0.25, 0.3) is 5.65 Å². The molecule has 33 heavy (non-hydrogen) atoms. The molecule has 2 saturated heterocycles. The second-order valence-corrected chi connectivity index (χ2v) is 8.88. The van der Waals surface area contributed by atoms with E-state index in [1.807, 2.05) is 19.2 Å². The Morgan fingerprint density at radius 1 is 1.21 bits per heavy atom. The molecule has 1 aromatic carbocycles. The summed E-state index contributed by atoms with van der Waals surface area (Å²) in [7, 11) is 0. The number of phenols is 1. The molecule has 174 valence electrons. The summed E-state index contributed by atoms with van der Waals surface area (Å²) in [6.45, 7) is 4.02. The van der Waals surface area contributed by atoms with Crippen molar-refractivity contribution >= 4 is 17.4 Å². The van der Waals surface area contributed by atoms with Gasteiger partial charge in [-0.3, -0.25) is 4.79 Å². The molecule has 0 saturated carbocycles. The van der Waals surface area contributed by atoms with E-state index in [1.54, 1.807) is 9.42 Å². The second kappa shape index (κ2) is 8.26. The highest BCUT2D eigenvalue weighted by Crippen LogP contribution is 2.34. The summed E-state index contributed by atoms with van der Waals surface area (Å²) in [6, 6.07) is 3.61. The predicted octanol–water partition coefficient (Wildman–Crippen LogP) is 2.93. The summed E-state index contributed by atoms with van der Waals surface area (Å²) in [5.41, 5.74) is 8.12. The number of carbonyl (C=O) groups is 1. The quantitative estimate of drug-likeness (QED) is 0.629. The minimum Gasteiger partial charge on any atom is -0.504 e. The number of fused-ring (bicyclic) bond motifs is 1. The monoisotopic (exact) mass is 456 g/mol. The fourth-order valence-corrected chi connectivity index (χ4v) is 4.83. The van der Waals surface area contributed by atoms with E-state index in [4.69, 9.17) is 10.7 Å². The number of piperidine rings is 1. The Bertz CT molecular complexity index is 1230. The van der Waals surface area contributed by atoms with Crippen molar-refractivity contribution in [2.24, 2.45) is 5.73 Å². The van der Waals surface area contributed by atoms with Crippen LogP contribution >= 0.6 is 0 Å². The van der Waals surface area contributed by atoms with Gasteiger partial charge in [-0.05, 0) is 44.7 Å². The Morgan fingerprint density at radius 3 is 2.79 bits per heavy atom. The number of halogens is 2. The standard InChI is InChI=1S/C23H26F2N6O2/c1-13-11-31-19(27-22(13)29-9-7-14(26)12-29)10-17(28-31)18-4-2-3-8-30(18)23(33)15-5-6-16(24)20(25)21(15)32/h5-6,10-11,14,18,32H,2-4,7-9,12,26H2,1H3. The third-order valence-electron chi connectivity index (χ3n) is 6.55. The maximum Gasteiger partial charge on any atom is 0.258 e. The van der Waals surface area contributed by atoms with Crippen molar-refractivity contribution in [3.8, 4) is 5.75 Å². The second-order valence-electron chi connectivity index (χ2n) is 8.88. The van der Waals surface area contributed by atoms with Crippen LogP contribution in [-0.4, -0.2) is 56.2 Å². The largest absolute Gasteiger partial charge is 0.504 e. The molecule has 2 aromatic heterocycles. The molecule has 2 aliphatic heterocycles. The molecule has 2 atom stereocenters. The summed E-state index contributed by atoms with van der Waals surface area (Å²) in [5, 5.41) is 14.7. The highest BCUT2D eigenvalue weighted by molar-refractivity contribution is 5.97. The Balaban J connectivity index is 1.48. The number of amides is 1. The molecule has 5 rings (SSSR count). The van der Waals surface area contributed by atoms with Crippen molar-refractivity contribution in [3.63, 3.8) is 0 Å². The number of aryl methyl sites for hydroxylation is 1. The van der Waals surface area contributed by atoms with Gasteiger partial charge in [0.05, 0.1) is 17.3 Å². The van der Waals surface area contributed by atoms with Crippen LogP contribution < -0.4 is 10.6 Å². The lowest BCUT2D eigenvalue weighted by molar-refractivity contribution is 0.0601. The zero-order chi connectivity index (χ0) is 23.3. The van der Waals surface area contributed by atoms with Crippen LogP contribution in [0.5, 0.6) is 5.75 Å². The van der Waals surface area contributed by atoms with E-state index in [1.165, 1.54) is 0 Å². The Hall–Kier alpha value is -3.27. The van der Waals surface area contributed by atoms with E-state index in [0.29, 0.717) is 24.3 Å². The number of aromatic hydroxyl groups is 1. The molecule has 3 N–H and O–H groups in total. The first kappa shape index (κ1) is 21.6. The number of phenolic OH excluding ortho intramolecular Hbond substituents is 1. The van der Waals surface area contributed by atoms with Crippen molar-refractivity contribution in [2.45, 2.75) is 44.7 Å². The smallest absolute Gasteiger partial charge is 0.258 e. The lowest BCUT2D eigenvalue weighted by Crippen LogP contribution is -2.38. The summed E-state index contributed by atoms with van der Waals surface area (Å²) in [4.78, 5) is 21.8. The van der Waals surface area contributed by atoms with Crippen LogP contribution in [0.4, 0.5) is 14.6 Å². The van der Waals surface area contributed by atoms with Crippen molar-refractivity contribution in [1.29, 1.82) is 0 Å². The molecular weight excluding hydrogens is 430 g/mol. The number of aromatic nitrogens is 3. The summed E-state index contributed by atoms with van der Waals surface area (Å²) in [5.74, 6) is -3.26. The predicted molar refractivity (Wildman–Crippen MR) is 118 cm³/mol. The summed E-state index contributed by atoms with van der Waals surface area (Å²) in [6.07, 6.45) is 5.19. The maximum absolute atomic E-state index is 13.9. The van der Waals surface area contributed by atoms with Crippen LogP contribution in [0.1, 0.15) is 53.3 Å². The number of anilines is 1. The molecule has 0 bridgehead atoms. The molecule has 1 amide bonds. The number of benzene rings is 1. The average molecular weight is 456 g/mol. The van der Waals surface area contributed by atoms with Gasteiger partial charge in [0.2, 0.25) is 5.82 Å². The maximum atomic E-state index is 13.9. The zero-order valence-electron chi connectivity index (χ0n) is 18.3. The minimum atomic E-state index is -1.42. The molecule has 3 aromatic rings. The summed E-state index contributed by atoms with van der Waals surface area (Å²) < 4.78 is 29.0. The van der Waals surface area contributed by atoms with Gasteiger partial charge in [-0.2, -0.15) is 9.49 Å². The number of hydrogen-bond donors (Lipinski definition) is 2. The van der Waals surface area contributed by atoms with E-state index < -0.39 is 23.3 Å². The Morgan fingerprint density at radius 2 is 2.03 bits per heavy atom. The molecular formula is C23H26F2N6O2. The van der Waals surface area contributed by atoms with Gasteiger partial charge in [-0.1, -0.05) is 0 Å². The van der Waals surface area contributed by atoms with Crippen LogP contribution in [0.3, 0.4) is 0 Å². The Kier molecular flexibility index (Phi) is 5.40. The van der Waals surface area contributed by atoms with Gasteiger partial charge in [-0.15, -0.1) is 0 Å². The number of likely N-dealkylation sites (tertiary alicyclic amines) is 1. The van der Waals surface area contributed by atoms with E-state index in [9.17, 15) is 18.7 Å². The molecule has 0 spiro atoms. The molecule has 10 heteroatoms. The van der Waals surface area contributed by atoms with E-state index in [0.717, 1.165) is 55.9 Å². The molecule has 0 aliphatic carbocycles. The van der Waals surface area contributed by atoms with Crippen molar-refractivity contribution in [3.05, 3.63) is 52.9 Å². The van der Waals surface area contributed by atoms with Gasteiger partial charge in [0.1, 0.15) is 5.82 Å². The highest BCUT2D eigenvalue weighted by atomic mass is 19.2. The third kappa shape index (κ3) is 3.78. The van der Waals surface area contributed by atoms with Crippen molar-refractivity contribution in [2.75, 3.05) is 24.5 Å². The van der Waals surface area contributed by atoms with E-state index in [2.05, 4.69) is 10.00 Å². The van der Waals surface area contributed by atoms with Gasteiger partial charge in [0.15, 0.2) is 17.2 Å². The molecule has 0 radical (unpaired) electrons. The fraction of sp³-hybridized carbons (Fsp3) is 0.435. The van der Waals surface area contributed by atoms with Crippen LogP contribution in [-0.2, 0) is 0 Å². The fourth-order valence-electron chi connectivity index (χ4n) is 4.83. The normalized spacial score (nSPS) is 21.2. The van der Waals surface area contributed by atoms with Gasteiger partial charge in [-0.25, -0.2) is 13.9 Å². The number of hydrogen-bond acceptors (Lipinski definition) is 6. The van der Waals surface area contributed by atoms with Gasteiger partial charge < -0.3 is 20.6 Å². The number of nitrogens with zero attached hydrogens (tertiary/aromatic N) is 5. The average Bonchev–Trinajstić information content (AvgIpc) is 3.42. The number of rotatable bonds is 3. The zero-order valence-corrected chi connectivity index (χ0v) is 18.3. The molecule has 2 fully saturated rings. The first-order valence-corrected chi connectivity index (χ1v) is 11.2. The number of carbonyl (C=O) groups excluding carboxylic acids is 1. The van der Waals surface area contributed by atoms with Crippen LogP contribution in [0, 0.1) is 18.6 Å². The first-order chi connectivity index (χ1) is 15.8. The van der Waals surface area contributed by atoms with Gasteiger partial charge >= 0.3 is 0 Å². The molecule has 2 aliphatic rings. The Labute approximate surface area is 189 Å². The molecule has 8 nitrogen and oxygen atoms in total. The van der Waals surface area contributed by atoms with Crippen molar-refractivity contribution < 1.29 is 18.7 Å². The minimum absolute atomic E-state index is 0.137. The van der Waals surface area contributed by atoms with Crippen LogP contribution in [0.2, 0.25) is 0 Å². The van der Waals surface area contributed by atoms with Crippen LogP contribution in [0.15, 0.2) is 24.4 Å². The van der Waals surface area contributed by atoms with E-state index >= 15 is 0 Å². The van der Waals surface area contributed by atoms with Gasteiger partial charge in [0, 0.05) is 43.5 Å². The lowest BCUT2D eigenvalue weighted by Gasteiger charge is -2.35. The third-order valence-corrected chi connectivity index (χ3v) is 6.55. The first-order valence-electron chi connectivity index (χ1n) is 11.2. The lowest BCUT2D eigenvalue weighted by atomic mass is 9.98.